The van der Waals surface area contributed by atoms with E-state index in [-0.39, 0.29) is 5.56 Å². The van der Waals surface area contributed by atoms with E-state index in [1.165, 1.54) is 4.68 Å². The lowest BCUT2D eigenvalue weighted by molar-refractivity contribution is 0.287. The molecule has 0 aliphatic carbocycles. The van der Waals surface area contributed by atoms with Crippen molar-refractivity contribution in [1.29, 1.82) is 0 Å². The van der Waals surface area contributed by atoms with E-state index in [0.29, 0.717) is 47.9 Å². The molecule has 0 aliphatic heterocycles. The van der Waals surface area contributed by atoms with Crippen molar-refractivity contribution < 1.29 is 9.47 Å². The normalized spacial score (nSPS) is 11.4. The molecule has 0 saturated heterocycles. The van der Waals surface area contributed by atoms with Gasteiger partial charge in [0.1, 0.15) is 5.82 Å². The second-order valence-corrected chi connectivity index (χ2v) is 8.09. The van der Waals surface area contributed by atoms with Crippen molar-refractivity contribution in [3.05, 3.63) is 62.1 Å². The first kappa shape index (κ1) is 23.0. The smallest absolute Gasteiger partial charge is 0.282 e. The third kappa shape index (κ3) is 5.34. The maximum atomic E-state index is 13.2. The highest BCUT2D eigenvalue weighted by atomic mass is 79.9. The third-order valence-corrected chi connectivity index (χ3v) is 5.37. The Morgan fingerprint density at radius 1 is 1.10 bits per heavy atom. The molecule has 0 fully saturated rings. The molecule has 0 bridgehead atoms. The van der Waals surface area contributed by atoms with Crippen LogP contribution in [0.25, 0.3) is 10.9 Å². The number of hydrogen-bond acceptors (Lipinski definition) is 5. The van der Waals surface area contributed by atoms with Gasteiger partial charge < -0.3 is 9.47 Å². The van der Waals surface area contributed by atoms with Gasteiger partial charge in [0.2, 0.25) is 0 Å². The fourth-order valence-electron chi connectivity index (χ4n) is 3.28. The predicted molar refractivity (Wildman–Crippen MR) is 129 cm³/mol. The highest BCUT2D eigenvalue weighted by Crippen LogP contribution is 2.30. The molecule has 0 saturated carbocycles. The Kier molecular flexibility index (Phi) is 7.85. The lowest BCUT2D eigenvalue weighted by Gasteiger charge is -2.13. The van der Waals surface area contributed by atoms with Crippen molar-refractivity contribution in [2.45, 2.75) is 47.0 Å². The van der Waals surface area contributed by atoms with Crippen molar-refractivity contribution >= 4 is 33.0 Å². The molecule has 2 aromatic carbocycles. The van der Waals surface area contributed by atoms with Crippen LogP contribution in [0.3, 0.4) is 0 Å². The highest BCUT2D eigenvalue weighted by Gasteiger charge is 2.12. The first-order chi connectivity index (χ1) is 15.0. The zero-order valence-electron chi connectivity index (χ0n) is 18.4. The van der Waals surface area contributed by atoms with Gasteiger partial charge in [-0.2, -0.15) is 9.78 Å². The first-order valence-corrected chi connectivity index (χ1v) is 11.4. The van der Waals surface area contributed by atoms with Crippen LogP contribution in [0.15, 0.2) is 44.7 Å². The van der Waals surface area contributed by atoms with E-state index in [1.807, 2.05) is 45.0 Å². The number of hydrogen-bond donors (Lipinski definition) is 0. The number of benzene rings is 2. The lowest BCUT2D eigenvalue weighted by atomic mass is 10.1. The van der Waals surface area contributed by atoms with Gasteiger partial charge in [0.05, 0.1) is 30.3 Å². The number of nitrogens with zero attached hydrogens (tertiary/aromatic N) is 3. The number of rotatable bonds is 9. The van der Waals surface area contributed by atoms with Gasteiger partial charge in [-0.05, 0) is 63.1 Å². The number of unbranched alkanes of at least 4 members (excludes halogenated alkanes) is 1. The van der Waals surface area contributed by atoms with E-state index >= 15 is 0 Å². The summed E-state index contributed by atoms with van der Waals surface area (Å²) in [4.78, 5) is 17.9. The number of aromatic nitrogens is 2. The fraction of sp³-hybridized carbons (Fsp3) is 0.375. The molecule has 0 radical (unpaired) electrons. The van der Waals surface area contributed by atoms with Crippen LogP contribution in [0.4, 0.5) is 0 Å². The van der Waals surface area contributed by atoms with Crippen molar-refractivity contribution in [2.24, 2.45) is 5.10 Å². The van der Waals surface area contributed by atoms with Crippen LogP contribution in [-0.4, -0.2) is 29.1 Å². The summed E-state index contributed by atoms with van der Waals surface area (Å²) in [6.07, 6.45) is 4.31. The van der Waals surface area contributed by atoms with E-state index in [9.17, 15) is 4.79 Å². The lowest BCUT2D eigenvalue weighted by Crippen LogP contribution is -2.22. The molecule has 0 N–H and O–H groups in total. The summed E-state index contributed by atoms with van der Waals surface area (Å²) in [6.45, 7) is 9.06. The molecule has 0 aliphatic rings. The maximum absolute atomic E-state index is 13.2. The first-order valence-electron chi connectivity index (χ1n) is 10.6. The van der Waals surface area contributed by atoms with E-state index in [1.54, 1.807) is 12.3 Å². The molecular formula is C24H28BrN3O3. The molecule has 1 heterocycles. The molecular weight excluding hydrogens is 458 g/mol. The second kappa shape index (κ2) is 10.6. The van der Waals surface area contributed by atoms with Crippen LogP contribution < -0.4 is 15.0 Å². The van der Waals surface area contributed by atoms with Crippen molar-refractivity contribution in [3.8, 4) is 11.5 Å². The Bertz CT molecular complexity index is 1150. The van der Waals surface area contributed by atoms with Crippen molar-refractivity contribution in [3.63, 3.8) is 0 Å². The van der Waals surface area contributed by atoms with Gasteiger partial charge >= 0.3 is 0 Å². The Morgan fingerprint density at radius 3 is 2.48 bits per heavy atom. The van der Waals surface area contributed by atoms with E-state index in [2.05, 4.69) is 28.0 Å². The highest BCUT2D eigenvalue weighted by molar-refractivity contribution is 9.10. The largest absolute Gasteiger partial charge is 0.490 e. The number of aryl methyl sites for hydroxylation is 2. The molecule has 1 aromatic heterocycles. The minimum absolute atomic E-state index is 0.178. The summed E-state index contributed by atoms with van der Waals surface area (Å²) >= 11 is 3.44. The summed E-state index contributed by atoms with van der Waals surface area (Å²) < 4.78 is 13.7. The van der Waals surface area contributed by atoms with Crippen LogP contribution in [-0.2, 0) is 6.42 Å². The standard InChI is InChI=1S/C24H28BrN3O3/c1-5-8-9-23-27-20-11-10-18(25)14-19(20)24(29)28(23)26-15-17-13-22(31-7-3)21(30-6-2)12-16(17)4/h10-15H,5-9H2,1-4H3. The molecule has 7 heteroatoms. The van der Waals surface area contributed by atoms with Crippen molar-refractivity contribution in [1.82, 2.24) is 9.66 Å². The van der Waals surface area contributed by atoms with Crippen LogP contribution in [0.5, 0.6) is 11.5 Å². The molecule has 0 spiro atoms. The van der Waals surface area contributed by atoms with Gasteiger partial charge in [-0.15, -0.1) is 0 Å². The van der Waals surface area contributed by atoms with Crippen LogP contribution in [0, 0.1) is 6.92 Å². The minimum Gasteiger partial charge on any atom is -0.490 e. The average molecular weight is 486 g/mol. The number of ether oxygens (including phenoxy) is 2. The monoisotopic (exact) mass is 485 g/mol. The molecule has 31 heavy (non-hydrogen) atoms. The topological polar surface area (TPSA) is 65.7 Å². The van der Waals surface area contributed by atoms with E-state index < -0.39 is 0 Å². The van der Waals surface area contributed by atoms with E-state index in [4.69, 9.17) is 14.5 Å². The number of fused-ring (bicyclic) bond motifs is 1. The summed E-state index contributed by atoms with van der Waals surface area (Å²) in [5.41, 5.74) is 2.34. The molecule has 6 nitrogen and oxygen atoms in total. The second-order valence-electron chi connectivity index (χ2n) is 7.18. The Hall–Kier alpha value is -2.67. The summed E-state index contributed by atoms with van der Waals surface area (Å²) in [7, 11) is 0. The molecule has 0 unspecified atom stereocenters. The van der Waals surface area contributed by atoms with Gasteiger partial charge in [-0.1, -0.05) is 29.3 Å². The van der Waals surface area contributed by atoms with Gasteiger partial charge in [0, 0.05) is 16.5 Å². The Morgan fingerprint density at radius 2 is 1.81 bits per heavy atom. The van der Waals surface area contributed by atoms with E-state index in [0.717, 1.165) is 28.4 Å². The zero-order valence-corrected chi connectivity index (χ0v) is 20.0. The van der Waals surface area contributed by atoms with Crippen LogP contribution in [0.2, 0.25) is 0 Å². The third-order valence-electron chi connectivity index (χ3n) is 4.87. The molecule has 3 aromatic rings. The van der Waals surface area contributed by atoms with Crippen LogP contribution >= 0.6 is 15.9 Å². The van der Waals surface area contributed by atoms with Crippen LogP contribution in [0.1, 0.15) is 50.6 Å². The predicted octanol–water partition coefficient (Wildman–Crippen LogP) is 5.49. The fourth-order valence-corrected chi connectivity index (χ4v) is 3.64. The Labute approximate surface area is 191 Å². The average Bonchev–Trinajstić information content (AvgIpc) is 2.75. The summed E-state index contributed by atoms with van der Waals surface area (Å²) in [5, 5.41) is 5.08. The number of halogens is 1. The Balaban J connectivity index is 2.10. The quantitative estimate of drug-likeness (QED) is 0.375. The maximum Gasteiger partial charge on any atom is 0.282 e. The minimum atomic E-state index is -0.178. The van der Waals surface area contributed by atoms with Gasteiger partial charge in [0.15, 0.2) is 11.5 Å². The molecule has 164 valence electrons. The molecule has 0 amide bonds. The summed E-state index contributed by atoms with van der Waals surface area (Å²) in [6, 6.07) is 9.37. The summed E-state index contributed by atoms with van der Waals surface area (Å²) in [5.74, 6) is 2.03. The van der Waals surface area contributed by atoms with Crippen molar-refractivity contribution in [2.75, 3.05) is 13.2 Å². The van der Waals surface area contributed by atoms with Gasteiger partial charge in [-0.3, -0.25) is 4.79 Å². The SMILES string of the molecule is CCCCc1nc2ccc(Br)cc2c(=O)n1N=Cc1cc(OCC)c(OCC)cc1C. The van der Waals surface area contributed by atoms with Gasteiger partial charge in [0.25, 0.3) is 5.56 Å². The van der Waals surface area contributed by atoms with Gasteiger partial charge in [-0.25, -0.2) is 4.98 Å². The molecule has 0 atom stereocenters. The zero-order chi connectivity index (χ0) is 22.4. The molecule has 3 rings (SSSR count).